The van der Waals surface area contributed by atoms with Gasteiger partial charge in [-0.3, -0.25) is 0 Å². The van der Waals surface area contributed by atoms with Crippen LogP contribution in [0, 0.1) is 5.82 Å². The Morgan fingerprint density at radius 3 is 2.88 bits per heavy atom. The predicted molar refractivity (Wildman–Crippen MR) is 64.3 cm³/mol. The van der Waals surface area contributed by atoms with Crippen molar-refractivity contribution >= 4 is 11.6 Å². The highest BCUT2D eigenvalue weighted by Gasteiger charge is 2.15. The van der Waals surface area contributed by atoms with E-state index >= 15 is 0 Å². The molecule has 0 bridgehead atoms. The zero-order valence-electron chi connectivity index (χ0n) is 9.59. The summed E-state index contributed by atoms with van der Waals surface area (Å²) in [5.41, 5.74) is 0.747. The van der Waals surface area contributed by atoms with Gasteiger partial charge in [-0.05, 0) is 24.6 Å². The Kier molecular flexibility index (Phi) is 5.74. The minimum Gasteiger partial charge on any atom is -0.383 e. The van der Waals surface area contributed by atoms with Gasteiger partial charge in [0.15, 0.2) is 0 Å². The third-order valence-electron chi connectivity index (χ3n) is 2.33. The zero-order chi connectivity index (χ0) is 12.0. The third-order valence-corrected chi connectivity index (χ3v) is 2.73. The molecule has 0 saturated heterocycles. The second-order valence-corrected chi connectivity index (χ2v) is 3.98. The Morgan fingerprint density at radius 1 is 1.50 bits per heavy atom. The normalized spacial score (nSPS) is 12.8. The number of benzene rings is 1. The van der Waals surface area contributed by atoms with Crippen molar-refractivity contribution in [2.24, 2.45) is 0 Å². The van der Waals surface area contributed by atoms with Crippen LogP contribution in [0.3, 0.4) is 0 Å². The average molecular weight is 246 g/mol. The van der Waals surface area contributed by atoms with E-state index in [9.17, 15) is 4.39 Å². The van der Waals surface area contributed by atoms with Crippen molar-refractivity contribution in [2.75, 3.05) is 20.3 Å². The summed E-state index contributed by atoms with van der Waals surface area (Å²) in [5, 5.41) is 3.45. The number of nitrogens with one attached hydrogen (secondary N) is 1. The maximum absolute atomic E-state index is 13.3. The number of halogens is 2. The van der Waals surface area contributed by atoms with Crippen LogP contribution in [0.2, 0.25) is 5.02 Å². The molecule has 0 amide bonds. The van der Waals surface area contributed by atoms with Crippen molar-refractivity contribution in [3.05, 3.63) is 34.6 Å². The fourth-order valence-corrected chi connectivity index (χ4v) is 1.79. The van der Waals surface area contributed by atoms with Gasteiger partial charge in [0.1, 0.15) is 5.82 Å². The molecule has 1 aromatic rings. The van der Waals surface area contributed by atoms with Crippen LogP contribution in [-0.2, 0) is 4.74 Å². The molecule has 0 aliphatic heterocycles. The van der Waals surface area contributed by atoms with Gasteiger partial charge in [0.25, 0.3) is 0 Å². The average Bonchev–Trinajstić information content (AvgIpc) is 2.28. The van der Waals surface area contributed by atoms with E-state index in [-0.39, 0.29) is 11.1 Å². The molecule has 0 heterocycles. The SMILES string of the molecule is CCCNC(COC)c1cccc(F)c1Cl. The first-order chi connectivity index (χ1) is 7.70. The highest BCUT2D eigenvalue weighted by atomic mass is 35.5. The summed E-state index contributed by atoms with van der Waals surface area (Å²) in [6.45, 7) is 3.40. The Balaban J connectivity index is 2.86. The van der Waals surface area contributed by atoms with Crippen LogP contribution in [0.25, 0.3) is 0 Å². The first kappa shape index (κ1) is 13.4. The lowest BCUT2D eigenvalue weighted by Gasteiger charge is -2.19. The molecule has 0 aliphatic rings. The summed E-state index contributed by atoms with van der Waals surface area (Å²) in [4.78, 5) is 0. The van der Waals surface area contributed by atoms with Gasteiger partial charge in [-0.2, -0.15) is 0 Å². The van der Waals surface area contributed by atoms with Crippen molar-refractivity contribution in [1.82, 2.24) is 5.32 Å². The summed E-state index contributed by atoms with van der Waals surface area (Å²) in [5.74, 6) is -0.390. The van der Waals surface area contributed by atoms with Crippen molar-refractivity contribution in [3.8, 4) is 0 Å². The van der Waals surface area contributed by atoms with Crippen LogP contribution >= 0.6 is 11.6 Å². The summed E-state index contributed by atoms with van der Waals surface area (Å²) in [6, 6.07) is 4.77. The Hall–Kier alpha value is -0.640. The van der Waals surface area contributed by atoms with E-state index in [1.807, 2.05) is 6.07 Å². The fraction of sp³-hybridized carbons (Fsp3) is 0.500. The topological polar surface area (TPSA) is 21.3 Å². The van der Waals surface area contributed by atoms with Crippen molar-refractivity contribution in [3.63, 3.8) is 0 Å². The van der Waals surface area contributed by atoms with E-state index < -0.39 is 5.82 Å². The van der Waals surface area contributed by atoms with E-state index in [0.717, 1.165) is 18.5 Å². The number of ether oxygens (including phenoxy) is 1. The van der Waals surface area contributed by atoms with Crippen LogP contribution in [0.1, 0.15) is 24.9 Å². The van der Waals surface area contributed by atoms with Gasteiger partial charge < -0.3 is 10.1 Å². The highest BCUT2D eigenvalue weighted by molar-refractivity contribution is 6.31. The summed E-state index contributed by atoms with van der Waals surface area (Å²) in [6.07, 6.45) is 1.01. The molecule has 16 heavy (non-hydrogen) atoms. The van der Waals surface area contributed by atoms with Crippen LogP contribution in [0.4, 0.5) is 4.39 Å². The molecule has 0 fully saturated rings. The summed E-state index contributed by atoms with van der Waals surface area (Å²) in [7, 11) is 1.62. The quantitative estimate of drug-likeness (QED) is 0.831. The van der Waals surface area contributed by atoms with Gasteiger partial charge in [0, 0.05) is 7.11 Å². The van der Waals surface area contributed by atoms with Gasteiger partial charge in [-0.15, -0.1) is 0 Å². The smallest absolute Gasteiger partial charge is 0.142 e. The number of methoxy groups -OCH3 is 1. The Bertz CT molecular complexity index is 333. The predicted octanol–water partition coefficient (Wildman–Crippen LogP) is 3.17. The molecule has 1 N–H and O–H groups in total. The monoisotopic (exact) mass is 245 g/mol. The van der Waals surface area contributed by atoms with Crippen LogP contribution in [0.15, 0.2) is 18.2 Å². The molecule has 1 rings (SSSR count). The number of hydrogen-bond donors (Lipinski definition) is 1. The highest BCUT2D eigenvalue weighted by Crippen LogP contribution is 2.25. The van der Waals surface area contributed by atoms with E-state index in [1.54, 1.807) is 13.2 Å². The number of rotatable bonds is 6. The molecule has 0 spiro atoms. The second kappa shape index (κ2) is 6.84. The van der Waals surface area contributed by atoms with Gasteiger partial charge in [0.2, 0.25) is 0 Å². The molecule has 0 aromatic heterocycles. The van der Waals surface area contributed by atoms with Crippen LogP contribution in [-0.4, -0.2) is 20.3 Å². The second-order valence-electron chi connectivity index (χ2n) is 3.61. The first-order valence-electron chi connectivity index (χ1n) is 5.37. The van der Waals surface area contributed by atoms with Crippen molar-refractivity contribution in [2.45, 2.75) is 19.4 Å². The standard InChI is InChI=1S/C12H17ClFNO/c1-3-7-15-11(8-16-2)9-5-4-6-10(14)12(9)13/h4-6,11,15H,3,7-8H2,1-2H3. The largest absolute Gasteiger partial charge is 0.383 e. The van der Waals surface area contributed by atoms with Crippen LogP contribution in [0.5, 0.6) is 0 Å². The molecule has 0 radical (unpaired) electrons. The van der Waals surface area contributed by atoms with E-state index in [1.165, 1.54) is 6.07 Å². The van der Waals surface area contributed by atoms with E-state index in [4.69, 9.17) is 16.3 Å². The van der Waals surface area contributed by atoms with Gasteiger partial charge >= 0.3 is 0 Å². The molecule has 1 unspecified atom stereocenters. The third kappa shape index (κ3) is 3.44. The molecule has 1 aromatic carbocycles. The Labute approximate surface area is 101 Å². The van der Waals surface area contributed by atoms with Gasteiger partial charge in [-0.25, -0.2) is 4.39 Å². The van der Waals surface area contributed by atoms with E-state index in [0.29, 0.717) is 6.61 Å². The number of hydrogen-bond acceptors (Lipinski definition) is 2. The summed E-state index contributed by atoms with van der Waals surface area (Å²) < 4.78 is 18.4. The van der Waals surface area contributed by atoms with Gasteiger partial charge in [-0.1, -0.05) is 30.7 Å². The van der Waals surface area contributed by atoms with Gasteiger partial charge in [0.05, 0.1) is 17.7 Å². The molecule has 2 nitrogen and oxygen atoms in total. The lowest BCUT2D eigenvalue weighted by Crippen LogP contribution is -2.26. The minimum absolute atomic E-state index is 0.0619. The Morgan fingerprint density at radius 2 is 2.25 bits per heavy atom. The first-order valence-corrected chi connectivity index (χ1v) is 5.74. The summed E-state index contributed by atoms with van der Waals surface area (Å²) >= 11 is 5.93. The van der Waals surface area contributed by atoms with Crippen LogP contribution < -0.4 is 5.32 Å². The molecule has 0 aliphatic carbocycles. The molecule has 0 saturated carbocycles. The molecule has 1 atom stereocenters. The minimum atomic E-state index is -0.390. The maximum Gasteiger partial charge on any atom is 0.142 e. The molecular formula is C12H17ClFNO. The maximum atomic E-state index is 13.3. The zero-order valence-corrected chi connectivity index (χ0v) is 10.4. The molecule has 4 heteroatoms. The lowest BCUT2D eigenvalue weighted by atomic mass is 10.1. The molecule has 90 valence electrons. The fourth-order valence-electron chi connectivity index (χ4n) is 1.53. The lowest BCUT2D eigenvalue weighted by molar-refractivity contribution is 0.167. The van der Waals surface area contributed by atoms with Crippen molar-refractivity contribution in [1.29, 1.82) is 0 Å². The molecular weight excluding hydrogens is 229 g/mol. The van der Waals surface area contributed by atoms with E-state index in [2.05, 4.69) is 12.2 Å². The van der Waals surface area contributed by atoms with Crippen molar-refractivity contribution < 1.29 is 9.13 Å².